The number of nitrogens with one attached hydrogen (secondary N) is 1. The molecule has 0 fully saturated rings. The van der Waals surface area contributed by atoms with Crippen LogP contribution in [0.3, 0.4) is 0 Å². The van der Waals surface area contributed by atoms with E-state index in [1.54, 1.807) is 0 Å². The first kappa shape index (κ1) is 9.08. The van der Waals surface area contributed by atoms with E-state index < -0.39 is 0 Å². The van der Waals surface area contributed by atoms with Gasteiger partial charge >= 0.3 is 0 Å². The van der Waals surface area contributed by atoms with Crippen LogP contribution in [0.15, 0.2) is 18.2 Å². The minimum Gasteiger partial charge on any atom is -0.273 e. The highest BCUT2D eigenvalue weighted by atomic mass is 32.1. The summed E-state index contributed by atoms with van der Waals surface area (Å²) in [5.41, 5.74) is 2.85. The Balaban J connectivity index is 2.41. The molecule has 0 aliphatic rings. The van der Waals surface area contributed by atoms with E-state index >= 15 is 0 Å². The van der Waals surface area contributed by atoms with E-state index in [1.807, 2.05) is 43.2 Å². The molecule has 1 aromatic carbocycles. The molecule has 0 bridgehead atoms. The lowest BCUT2D eigenvalue weighted by Gasteiger charge is -1.95. The molecule has 0 radical (unpaired) electrons. The van der Waals surface area contributed by atoms with E-state index in [4.69, 9.17) is 0 Å². The maximum absolute atomic E-state index is 4.23. The lowest BCUT2D eigenvalue weighted by molar-refractivity contribution is -0.459. The lowest BCUT2D eigenvalue weighted by Crippen LogP contribution is -2.07. The largest absolute Gasteiger partial charge is 0.273 e. The van der Waals surface area contributed by atoms with Crippen LogP contribution in [0.25, 0.3) is 11.0 Å². The van der Waals surface area contributed by atoms with Crippen LogP contribution in [0.1, 0.15) is 0 Å². The Morgan fingerprint density at radius 3 is 3.00 bits per heavy atom. The fraction of sp³-hybridized carbons (Fsp3) is 0.222. The minimum atomic E-state index is 0.926. The molecule has 2 rings (SSSR count). The highest BCUT2D eigenvalue weighted by molar-refractivity contribution is 7.00. The average Bonchev–Trinajstić information content (AvgIpc) is 2.62. The zero-order valence-electron chi connectivity index (χ0n) is 8.06. The molecule has 2 aromatic rings. The lowest BCUT2D eigenvalue weighted by atomic mass is 10.3. The molecule has 0 saturated carbocycles. The van der Waals surface area contributed by atoms with Crippen molar-refractivity contribution < 1.29 is 4.58 Å². The Bertz CT molecular complexity index is 470. The zero-order chi connectivity index (χ0) is 9.97. The first-order chi connectivity index (χ1) is 6.77. The summed E-state index contributed by atoms with van der Waals surface area (Å²) in [7, 11) is 3.93. The van der Waals surface area contributed by atoms with Gasteiger partial charge in [0.05, 0.1) is 25.8 Å². The van der Waals surface area contributed by atoms with E-state index in [0.29, 0.717) is 0 Å². The summed E-state index contributed by atoms with van der Waals surface area (Å²) >= 11 is 1.23. The number of hydrogen-bond acceptors (Lipinski definition) is 3. The number of rotatable bonds is 2. The second-order valence-corrected chi connectivity index (χ2v) is 3.70. The standard InChI is InChI=1S/C9H10N4S/c1-13(2)6-10-7-4-3-5-8-9(7)12-14-11-8/h3-6H,1-2H3/p+1. The van der Waals surface area contributed by atoms with Crippen LogP contribution in [0.4, 0.5) is 5.69 Å². The van der Waals surface area contributed by atoms with E-state index in [9.17, 15) is 0 Å². The van der Waals surface area contributed by atoms with Gasteiger partial charge in [-0.25, -0.2) is 5.32 Å². The molecule has 0 saturated heterocycles. The van der Waals surface area contributed by atoms with Crippen molar-refractivity contribution >= 4 is 34.8 Å². The molecule has 0 aliphatic heterocycles. The van der Waals surface area contributed by atoms with Gasteiger partial charge in [0.15, 0.2) is 11.2 Å². The summed E-state index contributed by atoms with van der Waals surface area (Å²) < 4.78 is 10.3. The van der Waals surface area contributed by atoms with Gasteiger partial charge in [0.1, 0.15) is 5.52 Å². The van der Waals surface area contributed by atoms with Crippen LogP contribution in [0, 0.1) is 0 Å². The maximum atomic E-state index is 4.23. The van der Waals surface area contributed by atoms with Gasteiger partial charge in [-0.1, -0.05) is 6.07 Å². The molecule has 0 atom stereocenters. The van der Waals surface area contributed by atoms with Crippen molar-refractivity contribution in [3.8, 4) is 0 Å². The molecule has 1 N–H and O–H groups in total. The van der Waals surface area contributed by atoms with Crippen molar-refractivity contribution in [2.24, 2.45) is 0 Å². The third-order valence-corrected chi connectivity index (χ3v) is 2.31. The Labute approximate surface area is 86.2 Å². The predicted molar refractivity (Wildman–Crippen MR) is 59.2 cm³/mol. The molecule has 0 unspecified atom stereocenters. The highest BCUT2D eigenvalue weighted by Gasteiger charge is 2.06. The molecule has 4 nitrogen and oxygen atoms in total. The van der Waals surface area contributed by atoms with Gasteiger partial charge in [-0.05, 0) is 12.1 Å². The predicted octanol–water partition coefficient (Wildman–Crippen LogP) is 1.40. The van der Waals surface area contributed by atoms with Crippen molar-refractivity contribution in [2.45, 2.75) is 0 Å². The fourth-order valence-electron chi connectivity index (χ4n) is 1.12. The summed E-state index contributed by atoms with van der Waals surface area (Å²) in [6.07, 6.45) is 1.88. The minimum absolute atomic E-state index is 0.926. The average molecular weight is 207 g/mol. The van der Waals surface area contributed by atoms with Crippen LogP contribution in [0.2, 0.25) is 0 Å². The summed E-state index contributed by atoms with van der Waals surface area (Å²) in [6, 6.07) is 5.92. The van der Waals surface area contributed by atoms with Crippen molar-refractivity contribution in [2.75, 3.05) is 19.4 Å². The molecular weight excluding hydrogens is 196 g/mol. The molecule has 72 valence electrons. The number of benzene rings is 1. The number of nitrogens with zero attached hydrogens (tertiary/aromatic N) is 3. The quantitative estimate of drug-likeness (QED) is 0.460. The molecular formula is C9H11N4S+. The van der Waals surface area contributed by atoms with Gasteiger partial charge in [0, 0.05) is 0 Å². The smallest absolute Gasteiger partial charge is 0.236 e. The van der Waals surface area contributed by atoms with Crippen molar-refractivity contribution in [1.29, 1.82) is 0 Å². The van der Waals surface area contributed by atoms with Gasteiger partial charge in [-0.15, -0.1) is 0 Å². The second-order valence-electron chi connectivity index (χ2n) is 3.17. The van der Waals surface area contributed by atoms with Gasteiger partial charge in [-0.2, -0.15) is 8.75 Å². The summed E-state index contributed by atoms with van der Waals surface area (Å²) in [4.78, 5) is 0. The molecule has 5 heteroatoms. The highest BCUT2D eigenvalue weighted by Crippen LogP contribution is 2.20. The van der Waals surface area contributed by atoms with Gasteiger partial charge in [0.25, 0.3) is 0 Å². The maximum Gasteiger partial charge on any atom is 0.236 e. The Morgan fingerprint density at radius 1 is 1.36 bits per heavy atom. The van der Waals surface area contributed by atoms with Crippen LogP contribution >= 0.6 is 11.7 Å². The Kier molecular flexibility index (Phi) is 2.41. The zero-order valence-corrected chi connectivity index (χ0v) is 8.88. The second kappa shape index (κ2) is 3.71. The Hall–Kier alpha value is -1.49. The van der Waals surface area contributed by atoms with Crippen molar-refractivity contribution in [3.05, 3.63) is 18.2 Å². The van der Waals surface area contributed by atoms with E-state index in [-0.39, 0.29) is 0 Å². The molecule has 0 spiro atoms. The molecule has 0 aliphatic carbocycles. The molecule has 0 amide bonds. The van der Waals surface area contributed by atoms with E-state index in [0.717, 1.165) is 16.7 Å². The molecule has 14 heavy (non-hydrogen) atoms. The summed E-state index contributed by atoms with van der Waals surface area (Å²) in [6.45, 7) is 0. The monoisotopic (exact) mass is 207 g/mol. The van der Waals surface area contributed by atoms with Crippen molar-refractivity contribution in [3.63, 3.8) is 0 Å². The van der Waals surface area contributed by atoms with Gasteiger partial charge < -0.3 is 0 Å². The third-order valence-electron chi connectivity index (χ3n) is 1.76. The van der Waals surface area contributed by atoms with Crippen LogP contribution in [0.5, 0.6) is 0 Å². The SMILES string of the molecule is C[N+](C)=CNc1cccc2nsnc12. The fourth-order valence-corrected chi connectivity index (χ4v) is 1.67. The first-order valence-electron chi connectivity index (χ1n) is 4.25. The number of hydrogen-bond donors (Lipinski definition) is 1. The Morgan fingerprint density at radius 2 is 2.21 bits per heavy atom. The summed E-state index contributed by atoms with van der Waals surface area (Å²) in [5, 5.41) is 3.18. The number of fused-ring (bicyclic) bond motifs is 1. The number of aromatic nitrogens is 2. The third kappa shape index (κ3) is 1.72. The van der Waals surface area contributed by atoms with Crippen LogP contribution in [-0.4, -0.2) is 33.8 Å². The first-order valence-corrected chi connectivity index (χ1v) is 4.98. The van der Waals surface area contributed by atoms with E-state index in [1.165, 1.54) is 11.7 Å². The van der Waals surface area contributed by atoms with Gasteiger partial charge in [-0.3, -0.25) is 4.58 Å². The normalized spacial score (nSPS) is 10.1. The van der Waals surface area contributed by atoms with E-state index in [2.05, 4.69) is 14.1 Å². The topological polar surface area (TPSA) is 40.8 Å². The van der Waals surface area contributed by atoms with Gasteiger partial charge in [0.2, 0.25) is 6.34 Å². The molecule has 1 aromatic heterocycles. The van der Waals surface area contributed by atoms with Crippen molar-refractivity contribution in [1.82, 2.24) is 8.75 Å². The molecule has 1 heterocycles. The van der Waals surface area contributed by atoms with Crippen LogP contribution in [-0.2, 0) is 0 Å². The summed E-state index contributed by atoms with van der Waals surface area (Å²) in [5.74, 6) is 0. The van der Waals surface area contributed by atoms with Crippen LogP contribution < -0.4 is 5.32 Å². The number of anilines is 1.